The Kier molecular flexibility index (Phi) is 3.30. The van der Waals surface area contributed by atoms with Gasteiger partial charge in [-0.15, -0.1) is 0 Å². The van der Waals surface area contributed by atoms with Gasteiger partial charge in [-0.2, -0.15) is 0 Å². The summed E-state index contributed by atoms with van der Waals surface area (Å²) < 4.78 is 26.4. The second-order valence-electron chi connectivity index (χ2n) is 4.66. The molecule has 0 bridgehead atoms. The van der Waals surface area contributed by atoms with Gasteiger partial charge in [0, 0.05) is 17.5 Å². The summed E-state index contributed by atoms with van der Waals surface area (Å²) in [5.74, 6) is -0.0479. The number of nitrogens with zero attached hydrogens (tertiary/aromatic N) is 1. The minimum absolute atomic E-state index is 0.0479. The lowest BCUT2D eigenvalue weighted by Crippen LogP contribution is -2.25. The van der Waals surface area contributed by atoms with Gasteiger partial charge in [0.05, 0.1) is 9.72 Å². The van der Waals surface area contributed by atoms with Crippen LogP contribution in [0.5, 0.6) is 0 Å². The first kappa shape index (κ1) is 13.6. The van der Waals surface area contributed by atoms with Crippen LogP contribution < -0.4 is 0 Å². The standard InChI is InChI=1S/C14H12BrNO3S/c15-12-6-7-13-11(14(12)17)8-9-16(13)20(18,19)10-4-2-1-3-5-10/h1-5,8-9,12H,6-7H2. The van der Waals surface area contributed by atoms with Crippen molar-refractivity contribution in [2.45, 2.75) is 22.6 Å². The number of benzene rings is 1. The molecule has 1 aromatic heterocycles. The number of rotatable bonds is 2. The number of hydrogen-bond acceptors (Lipinski definition) is 3. The van der Waals surface area contributed by atoms with Crippen molar-refractivity contribution in [2.75, 3.05) is 0 Å². The Morgan fingerprint density at radius 2 is 1.85 bits per heavy atom. The van der Waals surface area contributed by atoms with E-state index in [1.807, 2.05) is 0 Å². The highest BCUT2D eigenvalue weighted by Gasteiger charge is 2.31. The lowest BCUT2D eigenvalue weighted by Gasteiger charge is -2.18. The van der Waals surface area contributed by atoms with E-state index in [2.05, 4.69) is 15.9 Å². The van der Waals surface area contributed by atoms with Crippen LogP contribution in [0.15, 0.2) is 47.5 Å². The number of fused-ring (bicyclic) bond motifs is 1. The third-order valence-electron chi connectivity index (χ3n) is 3.44. The highest BCUT2D eigenvalue weighted by atomic mass is 79.9. The predicted molar refractivity (Wildman–Crippen MR) is 78.8 cm³/mol. The first-order valence-electron chi connectivity index (χ1n) is 6.21. The average Bonchev–Trinajstić information content (AvgIpc) is 2.89. The fraction of sp³-hybridized carbons (Fsp3) is 0.214. The Labute approximate surface area is 125 Å². The van der Waals surface area contributed by atoms with Crippen LogP contribution >= 0.6 is 15.9 Å². The number of hydrogen-bond donors (Lipinski definition) is 0. The molecule has 20 heavy (non-hydrogen) atoms. The van der Waals surface area contributed by atoms with Crippen molar-refractivity contribution in [3.8, 4) is 0 Å². The number of carbonyl (C=O) groups excluding carboxylic acids is 1. The van der Waals surface area contributed by atoms with E-state index in [0.717, 1.165) is 0 Å². The van der Waals surface area contributed by atoms with Gasteiger partial charge in [-0.25, -0.2) is 12.4 Å². The Morgan fingerprint density at radius 3 is 2.55 bits per heavy atom. The van der Waals surface area contributed by atoms with Gasteiger partial charge in [0.15, 0.2) is 5.78 Å². The third-order valence-corrected chi connectivity index (χ3v) is 6.04. The molecular weight excluding hydrogens is 342 g/mol. The molecule has 1 heterocycles. The van der Waals surface area contributed by atoms with E-state index in [-0.39, 0.29) is 15.5 Å². The average molecular weight is 354 g/mol. The molecule has 1 aliphatic carbocycles. The molecule has 1 unspecified atom stereocenters. The number of carbonyl (C=O) groups is 1. The summed E-state index contributed by atoms with van der Waals surface area (Å²) in [7, 11) is -3.63. The van der Waals surface area contributed by atoms with Crippen molar-refractivity contribution in [1.82, 2.24) is 3.97 Å². The fourth-order valence-corrected chi connectivity index (χ4v) is 4.32. The van der Waals surface area contributed by atoms with Crippen LogP contribution in [0.25, 0.3) is 0 Å². The van der Waals surface area contributed by atoms with Gasteiger partial charge in [0.1, 0.15) is 0 Å². The molecule has 0 amide bonds. The highest BCUT2D eigenvalue weighted by Crippen LogP contribution is 2.29. The zero-order valence-corrected chi connectivity index (χ0v) is 12.9. The van der Waals surface area contributed by atoms with E-state index in [1.165, 1.54) is 10.2 Å². The molecule has 0 aliphatic heterocycles. The van der Waals surface area contributed by atoms with Crippen LogP contribution in [0.2, 0.25) is 0 Å². The van der Waals surface area contributed by atoms with Crippen LogP contribution in [0.1, 0.15) is 22.5 Å². The van der Waals surface area contributed by atoms with Gasteiger partial charge in [-0.3, -0.25) is 4.79 Å². The van der Waals surface area contributed by atoms with Crippen molar-refractivity contribution in [2.24, 2.45) is 0 Å². The van der Waals surface area contributed by atoms with E-state index < -0.39 is 10.0 Å². The fourth-order valence-electron chi connectivity index (χ4n) is 2.41. The molecule has 0 radical (unpaired) electrons. The van der Waals surface area contributed by atoms with Crippen LogP contribution in [-0.2, 0) is 16.4 Å². The highest BCUT2D eigenvalue weighted by molar-refractivity contribution is 9.10. The molecule has 0 fully saturated rings. The maximum Gasteiger partial charge on any atom is 0.267 e. The van der Waals surface area contributed by atoms with Crippen molar-refractivity contribution in [1.29, 1.82) is 0 Å². The van der Waals surface area contributed by atoms with Crippen molar-refractivity contribution >= 4 is 31.7 Å². The lowest BCUT2D eigenvalue weighted by molar-refractivity contribution is 0.0981. The van der Waals surface area contributed by atoms with E-state index in [4.69, 9.17) is 0 Å². The molecule has 0 saturated heterocycles. The summed E-state index contributed by atoms with van der Waals surface area (Å²) in [4.78, 5) is 12.0. The van der Waals surface area contributed by atoms with Crippen LogP contribution in [0.4, 0.5) is 0 Å². The number of Topliss-reactive ketones (excluding diaryl/α,β-unsaturated/α-hetero) is 1. The molecule has 1 atom stereocenters. The maximum absolute atomic E-state index is 12.6. The number of halogens is 1. The quantitative estimate of drug-likeness (QED) is 0.779. The van der Waals surface area contributed by atoms with Crippen molar-refractivity contribution in [3.63, 3.8) is 0 Å². The summed E-state index contributed by atoms with van der Waals surface area (Å²) in [6.45, 7) is 0. The van der Waals surface area contributed by atoms with Gasteiger partial charge in [-0.05, 0) is 31.0 Å². The largest absolute Gasteiger partial charge is 0.293 e. The van der Waals surface area contributed by atoms with Crippen LogP contribution in [0.3, 0.4) is 0 Å². The molecule has 0 N–H and O–H groups in total. The molecule has 0 spiro atoms. The van der Waals surface area contributed by atoms with E-state index in [9.17, 15) is 13.2 Å². The molecule has 4 nitrogen and oxygen atoms in total. The van der Waals surface area contributed by atoms with E-state index in [0.29, 0.717) is 24.1 Å². The molecule has 104 valence electrons. The zero-order valence-electron chi connectivity index (χ0n) is 10.5. The molecule has 0 saturated carbocycles. The van der Waals surface area contributed by atoms with Gasteiger partial charge in [0.25, 0.3) is 10.0 Å². The first-order valence-corrected chi connectivity index (χ1v) is 8.56. The second-order valence-corrected chi connectivity index (χ2v) is 7.58. The van der Waals surface area contributed by atoms with E-state index in [1.54, 1.807) is 36.4 Å². The number of aromatic nitrogens is 1. The van der Waals surface area contributed by atoms with Gasteiger partial charge in [-0.1, -0.05) is 34.1 Å². The molecule has 2 aromatic rings. The first-order chi connectivity index (χ1) is 9.51. The maximum atomic E-state index is 12.6. The SMILES string of the molecule is O=C1c2ccn(S(=O)(=O)c3ccccc3)c2CCC1Br. The molecule has 1 aromatic carbocycles. The minimum atomic E-state index is -3.63. The minimum Gasteiger partial charge on any atom is -0.293 e. The molecular formula is C14H12BrNO3S. The topological polar surface area (TPSA) is 56.1 Å². The van der Waals surface area contributed by atoms with Crippen LogP contribution in [-0.4, -0.2) is 23.0 Å². The summed E-state index contributed by atoms with van der Waals surface area (Å²) >= 11 is 3.32. The van der Waals surface area contributed by atoms with Crippen molar-refractivity contribution < 1.29 is 13.2 Å². The van der Waals surface area contributed by atoms with Crippen molar-refractivity contribution in [3.05, 3.63) is 53.9 Å². The smallest absolute Gasteiger partial charge is 0.267 e. The molecule has 3 rings (SSSR count). The Bertz CT molecular complexity index is 765. The summed E-state index contributed by atoms with van der Waals surface area (Å²) in [6.07, 6.45) is 2.64. The summed E-state index contributed by atoms with van der Waals surface area (Å²) in [5.41, 5.74) is 1.08. The number of alkyl halides is 1. The van der Waals surface area contributed by atoms with Gasteiger partial charge < -0.3 is 0 Å². The van der Waals surface area contributed by atoms with Crippen LogP contribution in [0, 0.1) is 0 Å². The lowest BCUT2D eigenvalue weighted by atomic mass is 9.97. The number of ketones is 1. The zero-order chi connectivity index (χ0) is 14.3. The molecule has 6 heteroatoms. The molecule has 1 aliphatic rings. The predicted octanol–water partition coefficient (Wildman–Crippen LogP) is 2.62. The van der Waals surface area contributed by atoms with E-state index >= 15 is 0 Å². The summed E-state index contributed by atoms with van der Waals surface area (Å²) in [6, 6.07) is 9.83. The Morgan fingerprint density at radius 1 is 1.15 bits per heavy atom. The monoisotopic (exact) mass is 353 g/mol. The Hall–Kier alpha value is -1.40. The third kappa shape index (κ3) is 2.03. The van der Waals surface area contributed by atoms with Gasteiger partial charge >= 0.3 is 0 Å². The summed E-state index contributed by atoms with van der Waals surface area (Å²) in [5, 5.41) is 0. The second kappa shape index (κ2) is 4.86. The Balaban J connectivity index is 2.14. The normalized spacial score (nSPS) is 18.9. The van der Waals surface area contributed by atoms with Gasteiger partial charge in [0.2, 0.25) is 0 Å².